The highest BCUT2D eigenvalue weighted by Crippen LogP contribution is 2.25. The molecule has 1 saturated heterocycles. The molecule has 0 saturated carbocycles. The van der Waals surface area contributed by atoms with Gasteiger partial charge in [-0.25, -0.2) is 8.78 Å². The normalized spacial score (nSPS) is 19.2. The fourth-order valence-corrected chi connectivity index (χ4v) is 2.30. The summed E-state index contributed by atoms with van der Waals surface area (Å²) in [6.45, 7) is 2.81. The molecule has 1 aliphatic heterocycles. The summed E-state index contributed by atoms with van der Waals surface area (Å²) in [7, 11) is 0. The summed E-state index contributed by atoms with van der Waals surface area (Å²) in [5.74, 6) is -0.465. The minimum Gasteiger partial charge on any atom is -0.314 e. The SMILES string of the molecule is FC[C@H](c1ccc(F)c(Cl)c1)N1CCNCC1. The van der Waals surface area contributed by atoms with Gasteiger partial charge in [0.25, 0.3) is 0 Å². The molecule has 0 spiro atoms. The molecule has 0 aliphatic carbocycles. The van der Waals surface area contributed by atoms with Crippen molar-refractivity contribution in [2.24, 2.45) is 0 Å². The molecular formula is C12H15ClF2N2. The van der Waals surface area contributed by atoms with Gasteiger partial charge in [-0.05, 0) is 17.7 Å². The second kappa shape index (κ2) is 5.76. The molecular weight excluding hydrogens is 246 g/mol. The molecule has 1 N–H and O–H groups in total. The Morgan fingerprint density at radius 1 is 1.35 bits per heavy atom. The number of benzene rings is 1. The van der Waals surface area contributed by atoms with Gasteiger partial charge in [0.05, 0.1) is 11.1 Å². The molecule has 0 bridgehead atoms. The standard InChI is InChI=1S/C12H15ClF2N2/c13-10-7-9(1-2-11(10)15)12(8-14)17-5-3-16-4-6-17/h1-2,7,12,16H,3-6,8H2/t12-/m1/s1. The fourth-order valence-electron chi connectivity index (χ4n) is 2.11. The summed E-state index contributed by atoms with van der Waals surface area (Å²) < 4.78 is 26.2. The van der Waals surface area contributed by atoms with Gasteiger partial charge in [-0.2, -0.15) is 0 Å². The summed E-state index contributed by atoms with van der Waals surface area (Å²) in [6, 6.07) is 4.09. The van der Waals surface area contributed by atoms with Crippen molar-refractivity contribution in [3.05, 3.63) is 34.6 Å². The third-order valence-corrected chi connectivity index (χ3v) is 3.36. The third-order valence-electron chi connectivity index (χ3n) is 3.07. The van der Waals surface area contributed by atoms with Crippen LogP contribution in [0.3, 0.4) is 0 Å². The van der Waals surface area contributed by atoms with E-state index in [0.717, 1.165) is 31.7 Å². The van der Waals surface area contributed by atoms with Gasteiger partial charge in [0.2, 0.25) is 0 Å². The highest BCUT2D eigenvalue weighted by molar-refractivity contribution is 6.30. The van der Waals surface area contributed by atoms with E-state index in [9.17, 15) is 8.78 Å². The van der Waals surface area contributed by atoms with Crippen LogP contribution in [0.1, 0.15) is 11.6 Å². The highest BCUT2D eigenvalue weighted by atomic mass is 35.5. The molecule has 0 aromatic heterocycles. The summed E-state index contributed by atoms with van der Waals surface area (Å²) in [5, 5.41) is 3.27. The van der Waals surface area contributed by atoms with Crippen molar-refractivity contribution in [3.63, 3.8) is 0 Å². The topological polar surface area (TPSA) is 15.3 Å². The van der Waals surface area contributed by atoms with Crippen molar-refractivity contribution in [1.82, 2.24) is 10.2 Å². The van der Waals surface area contributed by atoms with Crippen LogP contribution in [0.5, 0.6) is 0 Å². The zero-order valence-corrected chi connectivity index (χ0v) is 10.2. The lowest BCUT2D eigenvalue weighted by Crippen LogP contribution is -2.45. The summed E-state index contributed by atoms with van der Waals surface area (Å²) >= 11 is 5.73. The van der Waals surface area contributed by atoms with Gasteiger partial charge in [0.1, 0.15) is 12.5 Å². The smallest absolute Gasteiger partial charge is 0.141 e. The van der Waals surface area contributed by atoms with Gasteiger partial charge >= 0.3 is 0 Å². The van der Waals surface area contributed by atoms with Gasteiger partial charge in [0, 0.05) is 26.2 Å². The second-order valence-corrected chi connectivity index (χ2v) is 4.54. The van der Waals surface area contributed by atoms with Gasteiger partial charge in [-0.15, -0.1) is 0 Å². The Morgan fingerprint density at radius 3 is 2.65 bits per heavy atom. The van der Waals surface area contributed by atoms with E-state index in [4.69, 9.17) is 11.6 Å². The lowest BCUT2D eigenvalue weighted by atomic mass is 10.1. The summed E-state index contributed by atoms with van der Waals surface area (Å²) in [4.78, 5) is 2.06. The lowest BCUT2D eigenvalue weighted by Gasteiger charge is -2.33. The van der Waals surface area contributed by atoms with Gasteiger partial charge in [-0.1, -0.05) is 17.7 Å². The van der Waals surface area contributed by atoms with E-state index in [2.05, 4.69) is 10.2 Å². The molecule has 5 heteroatoms. The van der Waals surface area contributed by atoms with Crippen molar-refractivity contribution in [1.29, 1.82) is 0 Å². The Bertz CT molecular complexity index is 381. The van der Waals surface area contributed by atoms with Crippen LogP contribution in [0, 0.1) is 5.82 Å². The fraction of sp³-hybridized carbons (Fsp3) is 0.500. The maximum atomic E-state index is 13.2. The van der Waals surface area contributed by atoms with E-state index >= 15 is 0 Å². The number of hydrogen-bond donors (Lipinski definition) is 1. The molecule has 1 aliphatic rings. The van der Waals surface area contributed by atoms with Crippen molar-refractivity contribution < 1.29 is 8.78 Å². The molecule has 1 fully saturated rings. The van der Waals surface area contributed by atoms with Crippen LogP contribution < -0.4 is 5.32 Å². The Morgan fingerprint density at radius 2 is 2.06 bits per heavy atom. The van der Waals surface area contributed by atoms with Crippen LogP contribution in [0.15, 0.2) is 18.2 Å². The van der Waals surface area contributed by atoms with E-state index in [1.807, 2.05) is 0 Å². The Labute approximate surface area is 105 Å². The Kier molecular flexibility index (Phi) is 4.31. The van der Waals surface area contributed by atoms with Crippen LogP contribution in [-0.4, -0.2) is 37.8 Å². The van der Waals surface area contributed by atoms with Crippen LogP contribution >= 0.6 is 11.6 Å². The first-order valence-electron chi connectivity index (χ1n) is 5.68. The molecule has 2 nitrogen and oxygen atoms in total. The Hall–Kier alpha value is -0.710. The summed E-state index contributed by atoms with van der Waals surface area (Å²) in [5.41, 5.74) is 0.737. The van der Waals surface area contributed by atoms with Crippen LogP contribution in [0.2, 0.25) is 5.02 Å². The number of alkyl halides is 1. The van der Waals surface area contributed by atoms with Crippen LogP contribution in [0.25, 0.3) is 0 Å². The molecule has 17 heavy (non-hydrogen) atoms. The van der Waals surface area contributed by atoms with Gasteiger partial charge in [-0.3, -0.25) is 4.90 Å². The van der Waals surface area contributed by atoms with E-state index < -0.39 is 12.5 Å². The van der Waals surface area contributed by atoms with Gasteiger partial charge in [0.15, 0.2) is 0 Å². The minimum absolute atomic E-state index is 0.0519. The minimum atomic E-state index is -0.484. The highest BCUT2D eigenvalue weighted by Gasteiger charge is 2.22. The van der Waals surface area contributed by atoms with E-state index in [0.29, 0.717) is 0 Å². The number of rotatable bonds is 3. The predicted molar refractivity (Wildman–Crippen MR) is 64.6 cm³/mol. The zero-order valence-electron chi connectivity index (χ0n) is 9.43. The third kappa shape index (κ3) is 2.94. The number of piperazine rings is 1. The van der Waals surface area contributed by atoms with Crippen LogP contribution in [-0.2, 0) is 0 Å². The second-order valence-electron chi connectivity index (χ2n) is 4.13. The maximum Gasteiger partial charge on any atom is 0.141 e. The first-order chi connectivity index (χ1) is 8.22. The van der Waals surface area contributed by atoms with E-state index in [-0.39, 0.29) is 11.1 Å². The monoisotopic (exact) mass is 260 g/mol. The summed E-state index contributed by atoms with van der Waals surface area (Å²) in [6.07, 6.45) is 0. The largest absolute Gasteiger partial charge is 0.314 e. The average Bonchev–Trinajstić information content (AvgIpc) is 2.36. The molecule has 0 amide bonds. The molecule has 1 atom stereocenters. The molecule has 1 aromatic carbocycles. The zero-order chi connectivity index (χ0) is 12.3. The first kappa shape index (κ1) is 12.7. The molecule has 1 aromatic rings. The molecule has 0 unspecified atom stereocenters. The van der Waals surface area contributed by atoms with E-state index in [1.165, 1.54) is 12.1 Å². The van der Waals surface area contributed by atoms with E-state index in [1.54, 1.807) is 6.07 Å². The Balaban J connectivity index is 2.18. The molecule has 2 rings (SSSR count). The van der Waals surface area contributed by atoms with Crippen molar-refractivity contribution in [3.8, 4) is 0 Å². The maximum absolute atomic E-state index is 13.2. The first-order valence-corrected chi connectivity index (χ1v) is 6.06. The van der Waals surface area contributed by atoms with Gasteiger partial charge < -0.3 is 5.32 Å². The molecule has 0 radical (unpaired) electrons. The van der Waals surface area contributed by atoms with Crippen molar-refractivity contribution in [2.45, 2.75) is 6.04 Å². The average molecular weight is 261 g/mol. The predicted octanol–water partition coefficient (Wildman–Crippen LogP) is 2.39. The number of hydrogen-bond acceptors (Lipinski definition) is 2. The van der Waals surface area contributed by atoms with Crippen molar-refractivity contribution >= 4 is 11.6 Å². The van der Waals surface area contributed by atoms with Crippen molar-refractivity contribution in [2.75, 3.05) is 32.9 Å². The quantitative estimate of drug-likeness (QED) is 0.898. The molecule has 1 heterocycles. The van der Waals surface area contributed by atoms with Crippen LogP contribution in [0.4, 0.5) is 8.78 Å². The number of halogens is 3. The lowest BCUT2D eigenvalue weighted by molar-refractivity contribution is 0.147. The number of nitrogens with one attached hydrogen (secondary N) is 1. The number of nitrogens with zero attached hydrogens (tertiary/aromatic N) is 1. The molecule has 94 valence electrons.